The Kier molecular flexibility index (Phi) is 5.59. The number of rotatable bonds is 6. The van der Waals surface area contributed by atoms with Gasteiger partial charge in [-0.1, -0.05) is 6.07 Å². The van der Waals surface area contributed by atoms with Gasteiger partial charge in [0, 0.05) is 10.9 Å². The molecule has 1 amide bonds. The van der Waals surface area contributed by atoms with E-state index in [2.05, 4.69) is 5.32 Å². The molecular formula is C16H17NO5S. The average molecular weight is 335 g/mol. The minimum Gasteiger partial charge on any atom is -0.507 e. The lowest BCUT2D eigenvalue weighted by atomic mass is 10.2. The summed E-state index contributed by atoms with van der Waals surface area (Å²) < 4.78 is 10.0. The molecule has 122 valence electrons. The Balaban J connectivity index is 1.92. The molecule has 2 aromatic rings. The Hall–Kier alpha value is -2.54. The van der Waals surface area contributed by atoms with Crippen LogP contribution in [0, 0.1) is 0 Å². The summed E-state index contributed by atoms with van der Waals surface area (Å²) in [5.74, 6) is -1.02. The Morgan fingerprint density at radius 2 is 2.13 bits per heavy atom. The van der Waals surface area contributed by atoms with Gasteiger partial charge in [0.25, 0.3) is 5.91 Å². The second-order valence-corrected chi connectivity index (χ2v) is 5.76. The number of ether oxygens (including phenoxy) is 2. The van der Waals surface area contributed by atoms with E-state index < -0.39 is 18.0 Å². The maximum atomic E-state index is 12.0. The molecule has 0 aliphatic heterocycles. The van der Waals surface area contributed by atoms with Crippen LogP contribution in [0.25, 0.3) is 0 Å². The molecule has 0 radical (unpaired) electrons. The Bertz CT molecular complexity index is 684. The topological polar surface area (TPSA) is 84.9 Å². The van der Waals surface area contributed by atoms with E-state index in [9.17, 15) is 14.7 Å². The lowest BCUT2D eigenvalue weighted by Gasteiger charge is -2.14. The minimum absolute atomic E-state index is 0.0243. The highest BCUT2D eigenvalue weighted by molar-refractivity contribution is 7.09. The number of benzene rings is 1. The third-order valence-corrected chi connectivity index (χ3v) is 3.97. The lowest BCUT2D eigenvalue weighted by molar-refractivity contribution is -0.129. The van der Waals surface area contributed by atoms with Crippen LogP contribution in [0.3, 0.4) is 0 Å². The molecule has 2 rings (SSSR count). The minimum atomic E-state index is -0.969. The van der Waals surface area contributed by atoms with E-state index in [1.165, 1.54) is 43.6 Å². The maximum absolute atomic E-state index is 12.0. The van der Waals surface area contributed by atoms with Crippen LogP contribution < -0.4 is 10.1 Å². The van der Waals surface area contributed by atoms with Crippen LogP contribution in [0.2, 0.25) is 0 Å². The Morgan fingerprint density at radius 3 is 2.74 bits per heavy atom. The molecule has 6 nitrogen and oxygen atoms in total. The predicted molar refractivity (Wildman–Crippen MR) is 85.7 cm³/mol. The van der Waals surface area contributed by atoms with Gasteiger partial charge < -0.3 is 19.9 Å². The first kappa shape index (κ1) is 16.8. The van der Waals surface area contributed by atoms with Gasteiger partial charge in [-0.2, -0.15) is 0 Å². The van der Waals surface area contributed by atoms with Gasteiger partial charge in [-0.05, 0) is 30.5 Å². The van der Waals surface area contributed by atoms with E-state index in [-0.39, 0.29) is 11.3 Å². The van der Waals surface area contributed by atoms with Crippen LogP contribution >= 0.6 is 11.3 Å². The molecule has 0 aliphatic rings. The molecule has 0 bridgehead atoms. The van der Waals surface area contributed by atoms with Crippen molar-refractivity contribution in [3.8, 4) is 11.5 Å². The first-order chi connectivity index (χ1) is 11.0. The first-order valence-electron chi connectivity index (χ1n) is 6.89. The second-order valence-electron chi connectivity index (χ2n) is 4.73. The van der Waals surface area contributed by atoms with Gasteiger partial charge in [-0.15, -0.1) is 11.3 Å². The molecule has 23 heavy (non-hydrogen) atoms. The SMILES string of the molecule is COc1ccc(C(=O)OC(C)C(=O)NCc2cccs2)c(O)c1. The lowest BCUT2D eigenvalue weighted by Crippen LogP contribution is -2.35. The zero-order valence-corrected chi connectivity index (χ0v) is 13.6. The second kappa shape index (κ2) is 7.64. The van der Waals surface area contributed by atoms with Crippen molar-refractivity contribution in [2.45, 2.75) is 19.6 Å². The number of phenols is 1. The number of methoxy groups -OCH3 is 1. The summed E-state index contributed by atoms with van der Waals surface area (Å²) in [5.41, 5.74) is -0.0243. The fourth-order valence-electron chi connectivity index (χ4n) is 1.82. The van der Waals surface area contributed by atoms with Gasteiger partial charge in [-0.25, -0.2) is 4.79 Å². The number of thiophene rings is 1. The van der Waals surface area contributed by atoms with Crippen molar-refractivity contribution in [3.63, 3.8) is 0 Å². The van der Waals surface area contributed by atoms with E-state index in [1.807, 2.05) is 17.5 Å². The van der Waals surface area contributed by atoms with Crippen molar-refractivity contribution in [3.05, 3.63) is 46.2 Å². The average Bonchev–Trinajstić information content (AvgIpc) is 3.05. The zero-order valence-electron chi connectivity index (χ0n) is 12.7. The van der Waals surface area contributed by atoms with Crippen molar-refractivity contribution in [2.75, 3.05) is 7.11 Å². The molecule has 1 aromatic carbocycles. The number of aromatic hydroxyl groups is 1. The van der Waals surface area contributed by atoms with E-state index in [0.717, 1.165) is 4.88 Å². The monoisotopic (exact) mass is 335 g/mol. The van der Waals surface area contributed by atoms with Crippen LogP contribution in [0.5, 0.6) is 11.5 Å². The van der Waals surface area contributed by atoms with Crippen LogP contribution in [0.1, 0.15) is 22.2 Å². The summed E-state index contributed by atoms with van der Waals surface area (Å²) in [4.78, 5) is 24.9. The summed E-state index contributed by atoms with van der Waals surface area (Å²) >= 11 is 1.53. The third-order valence-electron chi connectivity index (χ3n) is 3.09. The molecule has 1 heterocycles. The number of hydrogen-bond acceptors (Lipinski definition) is 6. The summed E-state index contributed by atoms with van der Waals surface area (Å²) in [5, 5.41) is 14.4. The fourth-order valence-corrected chi connectivity index (χ4v) is 2.46. The number of hydrogen-bond donors (Lipinski definition) is 2. The molecule has 1 atom stereocenters. The van der Waals surface area contributed by atoms with Gasteiger partial charge in [0.15, 0.2) is 6.10 Å². The zero-order chi connectivity index (χ0) is 16.8. The summed E-state index contributed by atoms with van der Waals surface area (Å²) in [6.45, 7) is 1.86. The summed E-state index contributed by atoms with van der Waals surface area (Å²) in [7, 11) is 1.45. The molecule has 1 unspecified atom stereocenters. The highest BCUT2D eigenvalue weighted by Gasteiger charge is 2.21. The van der Waals surface area contributed by atoms with Gasteiger partial charge in [-0.3, -0.25) is 4.79 Å². The molecular weight excluding hydrogens is 318 g/mol. The fraction of sp³-hybridized carbons (Fsp3) is 0.250. The number of amides is 1. The van der Waals surface area contributed by atoms with Crippen molar-refractivity contribution in [1.29, 1.82) is 0 Å². The Morgan fingerprint density at radius 1 is 1.35 bits per heavy atom. The molecule has 0 aliphatic carbocycles. The number of phenolic OH excluding ortho intramolecular Hbond substituents is 1. The van der Waals surface area contributed by atoms with Crippen LogP contribution in [-0.4, -0.2) is 30.2 Å². The van der Waals surface area contributed by atoms with Gasteiger partial charge in [0.2, 0.25) is 0 Å². The molecule has 0 spiro atoms. The largest absolute Gasteiger partial charge is 0.507 e. The van der Waals surface area contributed by atoms with E-state index in [1.54, 1.807) is 0 Å². The molecule has 7 heteroatoms. The van der Waals surface area contributed by atoms with Gasteiger partial charge in [0.1, 0.15) is 17.1 Å². The predicted octanol–water partition coefficient (Wildman–Crippen LogP) is 2.32. The quantitative estimate of drug-likeness (QED) is 0.792. The molecule has 1 aromatic heterocycles. The molecule has 0 fully saturated rings. The molecule has 2 N–H and O–H groups in total. The summed E-state index contributed by atoms with van der Waals surface area (Å²) in [6.07, 6.45) is -0.969. The maximum Gasteiger partial charge on any atom is 0.342 e. The highest BCUT2D eigenvalue weighted by Crippen LogP contribution is 2.24. The number of nitrogens with one attached hydrogen (secondary N) is 1. The first-order valence-corrected chi connectivity index (χ1v) is 7.77. The third kappa shape index (κ3) is 4.46. The van der Waals surface area contributed by atoms with Crippen molar-refractivity contribution >= 4 is 23.2 Å². The summed E-state index contributed by atoms with van der Waals surface area (Å²) in [6, 6.07) is 8.00. The number of carbonyl (C=O) groups is 2. The van der Waals surface area contributed by atoms with Crippen molar-refractivity contribution < 1.29 is 24.2 Å². The van der Waals surface area contributed by atoms with E-state index in [4.69, 9.17) is 9.47 Å². The van der Waals surface area contributed by atoms with Crippen LogP contribution in [0.4, 0.5) is 0 Å². The molecule has 0 saturated heterocycles. The van der Waals surface area contributed by atoms with Gasteiger partial charge in [0.05, 0.1) is 13.7 Å². The van der Waals surface area contributed by atoms with Crippen LogP contribution in [0.15, 0.2) is 35.7 Å². The van der Waals surface area contributed by atoms with Crippen molar-refractivity contribution in [1.82, 2.24) is 5.32 Å². The normalized spacial score (nSPS) is 11.6. The molecule has 0 saturated carbocycles. The van der Waals surface area contributed by atoms with Crippen LogP contribution in [-0.2, 0) is 16.1 Å². The smallest absolute Gasteiger partial charge is 0.342 e. The number of carbonyl (C=O) groups excluding carboxylic acids is 2. The highest BCUT2D eigenvalue weighted by atomic mass is 32.1. The van der Waals surface area contributed by atoms with E-state index in [0.29, 0.717) is 12.3 Å². The standard InChI is InChI=1S/C16H17NO5S/c1-10(15(19)17-9-12-4-3-7-23-12)22-16(20)13-6-5-11(21-2)8-14(13)18/h3-8,10,18H,9H2,1-2H3,(H,17,19). The number of esters is 1. The van der Waals surface area contributed by atoms with E-state index >= 15 is 0 Å². The van der Waals surface area contributed by atoms with Gasteiger partial charge >= 0.3 is 5.97 Å². The Labute approximate surface area is 137 Å². The van der Waals surface area contributed by atoms with Crippen molar-refractivity contribution in [2.24, 2.45) is 0 Å².